The second-order valence-electron chi connectivity index (χ2n) is 4.89. The molecule has 0 bridgehead atoms. The second-order valence-corrected chi connectivity index (χ2v) is 5.74. The topological polar surface area (TPSA) is 41.1 Å². The fourth-order valence-corrected chi connectivity index (χ4v) is 2.67. The predicted octanol–water partition coefficient (Wildman–Crippen LogP) is 3.42. The van der Waals surface area contributed by atoms with Gasteiger partial charge in [0.1, 0.15) is 0 Å². The molecule has 1 amide bonds. The minimum atomic E-state index is -0.00208. The highest BCUT2D eigenvalue weighted by Crippen LogP contribution is 2.22. The molecular formula is C17H19BrN2O. The number of halogens is 1. The molecule has 0 aliphatic carbocycles. The van der Waals surface area contributed by atoms with E-state index in [1.807, 2.05) is 61.5 Å². The highest BCUT2D eigenvalue weighted by molar-refractivity contribution is 9.10. The molecule has 0 aliphatic heterocycles. The van der Waals surface area contributed by atoms with E-state index in [0.717, 1.165) is 15.6 Å². The third-order valence-electron chi connectivity index (χ3n) is 3.27. The summed E-state index contributed by atoms with van der Waals surface area (Å²) in [5, 5.41) is 6.14. The smallest absolute Gasteiger partial charge is 0.234 e. The van der Waals surface area contributed by atoms with Gasteiger partial charge in [0.25, 0.3) is 0 Å². The van der Waals surface area contributed by atoms with Gasteiger partial charge in [-0.3, -0.25) is 4.79 Å². The molecule has 2 N–H and O–H groups in total. The third-order valence-corrected chi connectivity index (χ3v) is 4.00. The first-order chi connectivity index (χ1) is 10.2. The zero-order valence-electron chi connectivity index (χ0n) is 12.0. The predicted molar refractivity (Wildman–Crippen MR) is 88.8 cm³/mol. The van der Waals surface area contributed by atoms with Crippen molar-refractivity contribution in [2.24, 2.45) is 0 Å². The van der Waals surface area contributed by atoms with E-state index >= 15 is 0 Å². The first-order valence-electron chi connectivity index (χ1n) is 6.95. The molecule has 2 aromatic carbocycles. The van der Waals surface area contributed by atoms with Crippen molar-refractivity contribution in [1.82, 2.24) is 10.6 Å². The maximum Gasteiger partial charge on any atom is 0.234 e. The number of nitrogens with one attached hydrogen (secondary N) is 2. The van der Waals surface area contributed by atoms with Crippen LogP contribution < -0.4 is 10.6 Å². The van der Waals surface area contributed by atoms with E-state index in [1.54, 1.807) is 0 Å². The average Bonchev–Trinajstić information content (AvgIpc) is 2.52. The number of carbonyl (C=O) groups is 1. The van der Waals surface area contributed by atoms with Crippen molar-refractivity contribution >= 4 is 21.8 Å². The van der Waals surface area contributed by atoms with Gasteiger partial charge in [-0.15, -0.1) is 0 Å². The van der Waals surface area contributed by atoms with Crippen molar-refractivity contribution in [3.05, 3.63) is 70.2 Å². The van der Waals surface area contributed by atoms with Crippen LogP contribution in [0.4, 0.5) is 0 Å². The molecule has 0 unspecified atom stereocenters. The largest absolute Gasteiger partial charge is 0.351 e. The van der Waals surface area contributed by atoms with Crippen LogP contribution in [-0.4, -0.2) is 12.5 Å². The van der Waals surface area contributed by atoms with Gasteiger partial charge in [-0.2, -0.15) is 0 Å². The Labute approximate surface area is 133 Å². The lowest BCUT2D eigenvalue weighted by atomic mass is 10.1. The Morgan fingerprint density at radius 2 is 1.76 bits per heavy atom. The molecule has 0 aromatic heterocycles. The van der Waals surface area contributed by atoms with E-state index in [-0.39, 0.29) is 11.9 Å². The van der Waals surface area contributed by atoms with Crippen LogP contribution in [0.25, 0.3) is 0 Å². The summed E-state index contributed by atoms with van der Waals surface area (Å²) in [5.41, 5.74) is 2.25. The number of benzene rings is 2. The molecule has 0 saturated heterocycles. The van der Waals surface area contributed by atoms with Gasteiger partial charge in [0.05, 0.1) is 6.54 Å². The van der Waals surface area contributed by atoms with Gasteiger partial charge in [-0.1, -0.05) is 64.5 Å². The zero-order valence-corrected chi connectivity index (χ0v) is 13.6. The molecule has 110 valence electrons. The van der Waals surface area contributed by atoms with Crippen molar-refractivity contribution in [2.75, 3.05) is 6.54 Å². The highest BCUT2D eigenvalue weighted by Gasteiger charge is 2.09. The second kappa shape index (κ2) is 7.96. The van der Waals surface area contributed by atoms with E-state index in [1.165, 1.54) is 0 Å². The van der Waals surface area contributed by atoms with E-state index in [2.05, 4.69) is 26.6 Å². The summed E-state index contributed by atoms with van der Waals surface area (Å²) < 4.78 is 1.05. The minimum absolute atomic E-state index is 0.00208. The number of rotatable bonds is 6. The summed E-state index contributed by atoms with van der Waals surface area (Å²) in [4.78, 5) is 11.9. The Morgan fingerprint density at radius 1 is 1.10 bits per heavy atom. The van der Waals surface area contributed by atoms with Gasteiger partial charge < -0.3 is 10.6 Å². The Hall–Kier alpha value is -1.65. The van der Waals surface area contributed by atoms with Crippen molar-refractivity contribution in [2.45, 2.75) is 19.5 Å². The molecule has 0 fully saturated rings. The first kappa shape index (κ1) is 15.7. The fourth-order valence-electron chi connectivity index (χ4n) is 2.04. The number of hydrogen-bond donors (Lipinski definition) is 2. The van der Waals surface area contributed by atoms with Gasteiger partial charge >= 0.3 is 0 Å². The fraction of sp³-hybridized carbons (Fsp3) is 0.235. The summed E-state index contributed by atoms with van der Waals surface area (Å²) in [6.07, 6.45) is 0. The molecule has 21 heavy (non-hydrogen) atoms. The maximum absolute atomic E-state index is 11.9. The van der Waals surface area contributed by atoms with Crippen LogP contribution in [0.2, 0.25) is 0 Å². The lowest BCUT2D eigenvalue weighted by molar-refractivity contribution is -0.120. The molecule has 3 nitrogen and oxygen atoms in total. The first-order valence-corrected chi connectivity index (χ1v) is 7.74. The molecule has 0 aliphatic rings. The lowest BCUT2D eigenvalue weighted by Gasteiger charge is -2.15. The molecule has 0 heterocycles. The standard InChI is InChI=1S/C17H19BrN2O/c1-13(15-9-5-6-10-16(15)18)19-12-17(21)20-11-14-7-3-2-4-8-14/h2-10,13,19H,11-12H2,1H3,(H,20,21)/t13-/m1/s1. The number of carbonyl (C=O) groups excluding carboxylic acids is 1. The van der Waals surface area contributed by atoms with Crippen LogP contribution in [0.5, 0.6) is 0 Å². The van der Waals surface area contributed by atoms with Gasteiger partial charge in [0.2, 0.25) is 5.91 Å². The van der Waals surface area contributed by atoms with Gasteiger partial charge in [-0.25, -0.2) is 0 Å². The van der Waals surface area contributed by atoms with Gasteiger partial charge in [-0.05, 0) is 24.1 Å². The van der Waals surface area contributed by atoms with E-state index in [0.29, 0.717) is 13.1 Å². The summed E-state index contributed by atoms with van der Waals surface area (Å²) in [7, 11) is 0. The zero-order chi connectivity index (χ0) is 15.1. The van der Waals surface area contributed by atoms with Crippen molar-refractivity contribution in [1.29, 1.82) is 0 Å². The minimum Gasteiger partial charge on any atom is -0.351 e. The molecule has 0 radical (unpaired) electrons. The third kappa shape index (κ3) is 4.99. The van der Waals surface area contributed by atoms with E-state index in [4.69, 9.17) is 0 Å². The lowest BCUT2D eigenvalue weighted by Crippen LogP contribution is -2.34. The Morgan fingerprint density at radius 3 is 2.48 bits per heavy atom. The monoisotopic (exact) mass is 346 g/mol. The summed E-state index contributed by atoms with van der Waals surface area (Å²) >= 11 is 3.52. The maximum atomic E-state index is 11.9. The van der Waals surface area contributed by atoms with Gasteiger partial charge in [0, 0.05) is 17.1 Å². The van der Waals surface area contributed by atoms with Crippen LogP contribution in [0, 0.1) is 0 Å². The molecule has 0 saturated carbocycles. The van der Waals surface area contributed by atoms with Crippen LogP contribution >= 0.6 is 15.9 Å². The highest BCUT2D eigenvalue weighted by atomic mass is 79.9. The van der Waals surface area contributed by atoms with Crippen molar-refractivity contribution < 1.29 is 4.79 Å². The molecule has 1 atom stereocenters. The number of amides is 1. The Bertz CT molecular complexity index is 586. The number of hydrogen-bond acceptors (Lipinski definition) is 2. The summed E-state index contributed by atoms with van der Waals surface area (Å²) in [6.45, 7) is 2.91. The van der Waals surface area contributed by atoms with Crippen LogP contribution in [-0.2, 0) is 11.3 Å². The summed E-state index contributed by atoms with van der Waals surface area (Å²) in [5.74, 6) is -0.00208. The molecular weight excluding hydrogens is 328 g/mol. The Balaban J connectivity index is 1.77. The van der Waals surface area contributed by atoms with Crippen LogP contribution in [0.3, 0.4) is 0 Å². The van der Waals surface area contributed by atoms with Crippen LogP contribution in [0.1, 0.15) is 24.1 Å². The van der Waals surface area contributed by atoms with E-state index in [9.17, 15) is 4.79 Å². The molecule has 2 rings (SSSR count). The average molecular weight is 347 g/mol. The molecule has 0 spiro atoms. The van der Waals surface area contributed by atoms with Crippen LogP contribution in [0.15, 0.2) is 59.1 Å². The Kier molecular flexibility index (Phi) is 5.96. The van der Waals surface area contributed by atoms with Crippen molar-refractivity contribution in [3.63, 3.8) is 0 Å². The summed E-state index contributed by atoms with van der Waals surface area (Å²) in [6, 6.07) is 18.0. The quantitative estimate of drug-likeness (QED) is 0.841. The van der Waals surface area contributed by atoms with Crippen molar-refractivity contribution in [3.8, 4) is 0 Å². The van der Waals surface area contributed by atoms with Gasteiger partial charge in [0.15, 0.2) is 0 Å². The SMILES string of the molecule is C[C@@H](NCC(=O)NCc1ccccc1)c1ccccc1Br. The normalized spacial score (nSPS) is 11.9. The van der Waals surface area contributed by atoms with E-state index < -0.39 is 0 Å². The molecule has 2 aromatic rings. The molecule has 4 heteroatoms.